The number of methoxy groups -OCH3 is 1. The SMILES string of the molecule is COc1ccc(-c2nnc(SCC3(O)CCCCC3)n2-c2ccccc2)cc1. The Labute approximate surface area is 169 Å². The number of thioether (sulfide) groups is 1. The summed E-state index contributed by atoms with van der Waals surface area (Å²) in [4.78, 5) is 0. The summed E-state index contributed by atoms with van der Waals surface area (Å²) in [5, 5.41) is 20.6. The summed E-state index contributed by atoms with van der Waals surface area (Å²) >= 11 is 1.59. The fourth-order valence-corrected chi connectivity index (χ4v) is 4.76. The molecular weight excluding hydrogens is 370 g/mol. The second-order valence-corrected chi connectivity index (χ2v) is 8.22. The van der Waals surface area contributed by atoms with Crippen LogP contribution in [0.15, 0.2) is 59.8 Å². The number of ether oxygens (including phenoxy) is 1. The number of benzene rings is 2. The number of aliphatic hydroxyl groups is 1. The van der Waals surface area contributed by atoms with E-state index in [4.69, 9.17) is 4.74 Å². The topological polar surface area (TPSA) is 60.2 Å². The van der Waals surface area contributed by atoms with Crippen LogP contribution in [0.2, 0.25) is 0 Å². The minimum atomic E-state index is -0.601. The van der Waals surface area contributed by atoms with Gasteiger partial charge in [0.1, 0.15) is 5.75 Å². The Bertz CT molecular complexity index is 903. The number of aromatic nitrogens is 3. The van der Waals surface area contributed by atoms with Gasteiger partial charge in [0.25, 0.3) is 0 Å². The van der Waals surface area contributed by atoms with Crippen molar-refractivity contribution in [3.05, 3.63) is 54.6 Å². The highest BCUT2D eigenvalue weighted by molar-refractivity contribution is 7.99. The summed E-state index contributed by atoms with van der Waals surface area (Å²) in [6.45, 7) is 0. The number of hydrogen-bond acceptors (Lipinski definition) is 5. The molecule has 0 radical (unpaired) electrons. The van der Waals surface area contributed by atoms with Gasteiger partial charge in [-0.05, 0) is 49.2 Å². The monoisotopic (exact) mass is 395 g/mol. The summed E-state index contributed by atoms with van der Waals surface area (Å²) < 4.78 is 7.34. The maximum absolute atomic E-state index is 10.9. The first kappa shape index (κ1) is 19.0. The van der Waals surface area contributed by atoms with Crippen LogP contribution in [0.5, 0.6) is 5.75 Å². The highest BCUT2D eigenvalue weighted by Crippen LogP contribution is 2.35. The van der Waals surface area contributed by atoms with Crippen molar-refractivity contribution in [3.8, 4) is 22.8 Å². The molecule has 0 spiro atoms. The van der Waals surface area contributed by atoms with E-state index in [2.05, 4.69) is 26.9 Å². The molecule has 0 aliphatic heterocycles. The van der Waals surface area contributed by atoms with Crippen LogP contribution in [-0.4, -0.2) is 38.3 Å². The molecule has 1 aromatic heterocycles. The lowest BCUT2D eigenvalue weighted by Crippen LogP contribution is -2.34. The van der Waals surface area contributed by atoms with Crippen molar-refractivity contribution in [2.45, 2.75) is 42.9 Å². The molecular formula is C22H25N3O2S. The molecule has 1 N–H and O–H groups in total. The molecule has 0 bridgehead atoms. The first-order chi connectivity index (χ1) is 13.7. The van der Waals surface area contributed by atoms with Crippen molar-refractivity contribution >= 4 is 11.8 Å². The summed E-state index contributed by atoms with van der Waals surface area (Å²) in [6.07, 6.45) is 5.14. The minimum Gasteiger partial charge on any atom is -0.497 e. The molecule has 0 atom stereocenters. The van der Waals surface area contributed by atoms with E-state index in [-0.39, 0.29) is 0 Å². The summed E-state index contributed by atoms with van der Waals surface area (Å²) in [7, 11) is 1.66. The molecule has 1 fully saturated rings. The molecule has 146 valence electrons. The smallest absolute Gasteiger partial charge is 0.196 e. The van der Waals surface area contributed by atoms with E-state index >= 15 is 0 Å². The Balaban J connectivity index is 1.67. The van der Waals surface area contributed by atoms with E-state index in [1.165, 1.54) is 6.42 Å². The zero-order valence-corrected chi connectivity index (χ0v) is 16.9. The minimum absolute atomic E-state index is 0.601. The Kier molecular flexibility index (Phi) is 5.69. The van der Waals surface area contributed by atoms with Gasteiger partial charge in [-0.3, -0.25) is 4.57 Å². The summed E-state index contributed by atoms with van der Waals surface area (Å²) in [6, 6.07) is 18.0. The lowest BCUT2D eigenvalue weighted by molar-refractivity contribution is 0.0272. The van der Waals surface area contributed by atoms with E-state index in [1.54, 1.807) is 18.9 Å². The number of rotatable bonds is 6. The zero-order valence-electron chi connectivity index (χ0n) is 16.0. The van der Waals surface area contributed by atoms with Gasteiger partial charge in [0.15, 0.2) is 11.0 Å². The molecule has 0 unspecified atom stereocenters. The van der Waals surface area contributed by atoms with Crippen molar-refractivity contribution in [2.75, 3.05) is 12.9 Å². The first-order valence-electron chi connectivity index (χ1n) is 9.69. The lowest BCUT2D eigenvalue weighted by atomic mass is 9.86. The fourth-order valence-electron chi connectivity index (χ4n) is 3.65. The third-order valence-electron chi connectivity index (χ3n) is 5.25. The molecule has 2 aromatic carbocycles. The number of hydrogen-bond donors (Lipinski definition) is 1. The second-order valence-electron chi connectivity index (χ2n) is 7.28. The Hall–Kier alpha value is -2.31. The zero-order chi connectivity index (χ0) is 19.4. The van der Waals surface area contributed by atoms with Crippen molar-refractivity contribution < 1.29 is 9.84 Å². The van der Waals surface area contributed by atoms with Crippen LogP contribution < -0.4 is 4.74 Å². The van der Waals surface area contributed by atoms with Gasteiger partial charge in [-0.2, -0.15) is 0 Å². The van der Waals surface area contributed by atoms with Crippen LogP contribution in [0.4, 0.5) is 0 Å². The molecule has 1 heterocycles. The van der Waals surface area contributed by atoms with Crippen LogP contribution in [0.1, 0.15) is 32.1 Å². The van der Waals surface area contributed by atoms with Gasteiger partial charge in [0.2, 0.25) is 0 Å². The summed E-state index contributed by atoms with van der Waals surface area (Å²) in [5.74, 6) is 2.23. The first-order valence-corrected chi connectivity index (χ1v) is 10.7. The Morgan fingerprint density at radius 1 is 1.00 bits per heavy atom. The third-order valence-corrected chi connectivity index (χ3v) is 6.45. The van der Waals surface area contributed by atoms with E-state index in [0.29, 0.717) is 5.75 Å². The van der Waals surface area contributed by atoms with Crippen molar-refractivity contribution in [3.63, 3.8) is 0 Å². The Morgan fingerprint density at radius 2 is 1.71 bits per heavy atom. The molecule has 1 saturated carbocycles. The predicted molar refractivity (Wildman–Crippen MR) is 112 cm³/mol. The molecule has 4 rings (SSSR count). The van der Waals surface area contributed by atoms with Crippen LogP contribution in [-0.2, 0) is 0 Å². The standard InChI is InChI=1S/C22H25N3O2S/c1-27-19-12-10-17(11-13-19)20-23-24-21(25(20)18-8-4-2-5-9-18)28-16-22(26)14-6-3-7-15-22/h2,4-5,8-13,26H,3,6-7,14-16H2,1H3. The molecule has 6 heteroatoms. The molecule has 1 aliphatic carbocycles. The largest absolute Gasteiger partial charge is 0.497 e. The van der Waals surface area contributed by atoms with Crippen molar-refractivity contribution in [2.24, 2.45) is 0 Å². The normalized spacial score (nSPS) is 16.1. The van der Waals surface area contributed by atoms with E-state index < -0.39 is 5.60 Å². The van der Waals surface area contributed by atoms with Crippen LogP contribution in [0.3, 0.4) is 0 Å². The molecule has 1 aliphatic rings. The van der Waals surface area contributed by atoms with Gasteiger partial charge < -0.3 is 9.84 Å². The average Bonchev–Trinajstić information content (AvgIpc) is 3.18. The Morgan fingerprint density at radius 3 is 2.39 bits per heavy atom. The van der Waals surface area contributed by atoms with Gasteiger partial charge in [0.05, 0.1) is 12.7 Å². The molecule has 28 heavy (non-hydrogen) atoms. The highest BCUT2D eigenvalue weighted by Gasteiger charge is 2.30. The van der Waals surface area contributed by atoms with E-state index in [9.17, 15) is 5.11 Å². The van der Waals surface area contributed by atoms with Gasteiger partial charge >= 0.3 is 0 Å². The molecule has 0 amide bonds. The van der Waals surface area contributed by atoms with Crippen molar-refractivity contribution in [1.82, 2.24) is 14.8 Å². The predicted octanol–water partition coefficient (Wildman–Crippen LogP) is 4.73. The van der Waals surface area contributed by atoms with E-state index in [1.807, 2.05) is 42.5 Å². The van der Waals surface area contributed by atoms with Gasteiger partial charge in [-0.15, -0.1) is 10.2 Å². The van der Waals surface area contributed by atoms with Crippen molar-refractivity contribution in [1.29, 1.82) is 0 Å². The lowest BCUT2D eigenvalue weighted by Gasteiger charge is -2.31. The number of nitrogens with zero attached hydrogens (tertiary/aromatic N) is 3. The van der Waals surface area contributed by atoms with Crippen LogP contribution in [0.25, 0.3) is 17.1 Å². The van der Waals surface area contributed by atoms with E-state index in [0.717, 1.165) is 53.7 Å². The highest BCUT2D eigenvalue weighted by atomic mass is 32.2. The quantitative estimate of drug-likeness (QED) is 0.612. The van der Waals surface area contributed by atoms with Gasteiger partial charge in [-0.25, -0.2) is 0 Å². The fraction of sp³-hybridized carbons (Fsp3) is 0.364. The van der Waals surface area contributed by atoms with Crippen LogP contribution in [0, 0.1) is 0 Å². The maximum atomic E-state index is 10.9. The molecule has 3 aromatic rings. The molecule has 0 saturated heterocycles. The summed E-state index contributed by atoms with van der Waals surface area (Å²) in [5.41, 5.74) is 1.38. The number of para-hydroxylation sites is 1. The maximum Gasteiger partial charge on any atom is 0.196 e. The van der Waals surface area contributed by atoms with Gasteiger partial charge in [-0.1, -0.05) is 49.2 Å². The third kappa shape index (κ3) is 4.08. The second kappa shape index (κ2) is 8.37. The van der Waals surface area contributed by atoms with Crippen LogP contribution >= 0.6 is 11.8 Å². The molecule has 5 nitrogen and oxygen atoms in total. The van der Waals surface area contributed by atoms with Gasteiger partial charge in [0, 0.05) is 17.0 Å². The average molecular weight is 396 g/mol.